The highest BCUT2D eigenvalue weighted by molar-refractivity contribution is 7.92. The third-order valence-electron chi connectivity index (χ3n) is 2.51. The monoisotopic (exact) mass is 266 g/mol. The van der Waals surface area contributed by atoms with Gasteiger partial charge in [0, 0.05) is 5.69 Å². The van der Waals surface area contributed by atoms with Gasteiger partial charge in [0.15, 0.2) is 9.84 Å². The average Bonchev–Trinajstić information content (AvgIpc) is 2.23. The van der Waals surface area contributed by atoms with E-state index < -0.39 is 27.3 Å². The molecule has 0 fully saturated rings. The zero-order valence-electron chi connectivity index (χ0n) is 10.2. The van der Waals surface area contributed by atoms with E-state index in [1.165, 1.54) is 6.07 Å². The molecule has 0 radical (unpaired) electrons. The van der Waals surface area contributed by atoms with E-state index in [1.807, 2.05) is 19.9 Å². The minimum atomic E-state index is -3.65. The molecule has 0 aliphatic rings. The van der Waals surface area contributed by atoms with Crippen LogP contribution in [0.3, 0.4) is 0 Å². The van der Waals surface area contributed by atoms with Crippen LogP contribution in [-0.2, 0) is 14.6 Å². The number of sulfone groups is 1. The number of hydrogen-bond acceptors (Lipinski definition) is 4. The Hall–Kier alpha value is -1.87. The number of anilines is 1. The molecule has 1 amide bonds. The molecule has 0 unspecified atom stereocenters. The maximum atomic E-state index is 11.6. The van der Waals surface area contributed by atoms with E-state index in [9.17, 15) is 13.2 Å². The second-order valence-electron chi connectivity index (χ2n) is 3.99. The van der Waals surface area contributed by atoms with Crippen molar-refractivity contribution in [3.8, 4) is 6.07 Å². The normalized spacial score (nSPS) is 10.7. The lowest BCUT2D eigenvalue weighted by Crippen LogP contribution is -2.24. The molecule has 18 heavy (non-hydrogen) atoms. The van der Waals surface area contributed by atoms with Gasteiger partial charge >= 0.3 is 0 Å². The number of nitriles is 1. The largest absolute Gasteiger partial charge is 0.325 e. The van der Waals surface area contributed by atoms with Gasteiger partial charge in [-0.25, -0.2) is 8.42 Å². The zero-order valence-corrected chi connectivity index (χ0v) is 11.0. The smallest absolute Gasteiger partial charge is 0.239 e. The zero-order chi connectivity index (χ0) is 13.8. The van der Waals surface area contributed by atoms with Crippen LogP contribution in [0.15, 0.2) is 18.2 Å². The molecule has 0 aliphatic carbocycles. The first-order chi connectivity index (χ1) is 8.35. The van der Waals surface area contributed by atoms with Crippen molar-refractivity contribution in [3.05, 3.63) is 29.3 Å². The first-order valence-corrected chi connectivity index (χ1v) is 7.11. The molecule has 0 aliphatic heterocycles. The topological polar surface area (TPSA) is 87.0 Å². The number of carbonyl (C=O) groups is 1. The number of amides is 1. The van der Waals surface area contributed by atoms with E-state index in [2.05, 4.69) is 5.32 Å². The fourth-order valence-corrected chi connectivity index (χ4v) is 2.19. The number of carbonyl (C=O) groups excluding carboxylic acids is 1. The molecule has 0 bridgehead atoms. The molecule has 1 aromatic carbocycles. The average molecular weight is 266 g/mol. The molecule has 0 spiro atoms. The van der Waals surface area contributed by atoms with Gasteiger partial charge in [0.05, 0.1) is 6.07 Å². The summed E-state index contributed by atoms with van der Waals surface area (Å²) in [6.07, 6.45) is 0. The van der Waals surface area contributed by atoms with E-state index >= 15 is 0 Å². The Morgan fingerprint density at radius 3 is 2.67 bits per heavy atom. The number of benzene rings is 1. The van der Waals surface area contributed by atoms with Crippen LogP contribution >= 0.6 is 0 Å². The van der Waals surface area contributed by atoms with Gasteiger partial charge in [0.2, 0.25) is 5.91 Å². The summed E-state index contributed by atoms with van der Waals surface area (Å²) in [5, 5.41) is 10.9. The van der Waals surface area contributed by atoms with Gasteiger partial charge in [-0.05, 0) is 31.0 Å². The van der Waals surface area contributed by atoms with E-state index in [4.69, 9.17) is 5.26 Å². The summed E-state index contributed by atoms with van der Waals surface area (Å²) in [4.78, 5) is 11.6. The SMILES string of the molecule is Cc1cccc(NC(=O)CS(=O)(=O)CC#N)c1C. The summed E-state index contributed by atoms with van der Waals surface area (Å²) in [6, 6.07) is 6.91. The Bertz CT molecular complexity index is 600. The Kier molecular flexibility index (Phi) is 4.45. The lowest BCUT2D eigenvalue weighted by Gasteiger charge is -2.09. The van der Waals surface area contributed by atoms with Crippen LogP contribution in [0.25, 0.3) is 0 Å². The summed E-state index contributed by atoms with van der Waals surface area (Å²) in [5.74, 6) is -1.94. The van der Waals surface area contributed by atoms with Gasteiger partial charge in [-0.15, -0.1) is 0 Å². The molecule has 0 saturated heterocycles. The summed E-state index contributed by atoms with van der Waals surface area (Å²) in [5.41, 5.74) is 2.49. The first kappa shape index (κ1) is 14.2. The van der Waals surface area contributed by atoms with E-state index in [1.54, 1.807) is 12.1 Å². The Morgan fingerprint density at radius 1 is 1.39 bits per heavy atom. The fourth-order valence-electron chi connectivity index (χ4n) is 1.42. The fraction of sp³-hybridized carbons (Fsp3) is 0.333. The number of nitrogens with one attached hydrogen (secondary N) is 1. The molecule has 5 nitrogen and oxygen atoms in total. The Morgan fingerprint density at radius 2 is 2.06 bits per heavy atom. The molecule has 1 rings (SSSR count). The van der Waals surface area contributed by atoms with Gasteiger partial charge in [-0.1, -0.05) is 12.1 Å². The maximum absolute atomic E-state index is 11.6. The van der Waals surface area contributed by atoms with Gasteiger partial charge in [-0.3, -0.25) is 4.79 Å². The van der Waals surface area contributed by atoms with Gasteiger partial charge in [0.1, 0.15) is 11.5 Å². The second-order valence-corrected chi connectivity index (χ2v) is 6.05. The van der Waals surface area contributed by atoms with Crippen LogP contribution in [0.5, 0.6) is 0 Å². The van der Waals surface area contributed by atoms with Crippen molar-refractivity contribution in [1.29, 1.82) is 5.26 Å². The minimum absolute atomic E-state index is 0.590. The molecular weight excluding hydrogens is 252 g/mol. The Labute approximate surface area is 106 Å². The van der Waals surface area contributed by atoms with Crippen LogP contribution in [0, 0.1) is 25.2 Å². The van der Waals surface area contributed by atoms with Crippen LogP contribution in [0.2, 0.25) is 0 Å². The molecule has 6 heteroatoms. The van der Waals surface area contributed by atoms with Crippen molar-refractivity contribution in [2.75, 3.05) is 16.8 Å². The highest BCUT2D eigenvalue weighted by atomic mass is 32.2. The van der Waals surface area contributed by atoms with Crippen LogP contribution in [-0.4, -0.2) is 25.8 Å². The molecule has 0 saturated carbocycles. The molecule has 0 aromatic heterocycles. The molecule has 0 heterocycles. The van der Waals surface area contributed by atoms with Crippen molar-refractivity contribution in [2.24, 2.45) is 0 Å². The van der Waals surface area contributed by atoms with Crippen LogP contribution < -0.4 is 5.32 Å². The lowest BCUT2D eigenvalue weighted by molar-refractivity contribution is -0.113. The number of hydrogen-bond donors (Lipinski definition) is 1. The highest BCUT2D eigenvalue weighted by Gasteiger charge is 2.16. The maximum Gasteiger partial charge on any atom is 0.239 e. The molecule has 96 valence electrons. The van der Waals surface area contributed by atoms with Crippen molar-refractivity contribution < 1.29 is 13.2 Å². The molecule has 1 aromatic rings. The third kappa shape index (κ3) is 3.86. The van der Waals surface area contributed by atoms with E-state index in [-0.39, 0.29) is 0 Å². The van der Waals surface area contributed by atoms with Crippen molar-refractivity contribution in [1.82, 2.24) is 0 Å². The molecular formula is C12H14N2O3S. The quantitative estimate of drug-likeness (QED) is 0.886. The van der Waals surface area contributed by atoms with E-state index in [0.717, 1.165) is 11.1 Å². The summed E-state index contributed by atoms with van der Waals surface area (Å²) < 4.78 is 22.6. The lowest BCUT2D eigenvalue weighted by atomic mass is 10.1. The van der Waals surface area contributed by atoms with Crippen molar-refractivity contribution in [2.45, 2.75) is 13.8 Å². The number of rotatable bonds is 4. The van der Waals surface area contributed by atoms with E-state index in [0.29, 0.717) is 5.69 Å². The van der Waals surface area contributed by atoms with Crippen LogP contribution in [0.1, 0.15) is 11.1 Å². The number of aryl methyl sites for hydroxylation is 1. The third-order valence-corrected chi connectivity index (χ3v) is 3.79. The first-order valence-electron chi connectivity index (χ1n) is 5.29. The molecule has 0 atom stereocenters. The second kappa shape index (κ2) is 5.65. The molecule has 1 N–H and O–H groups in total. The predicted molar refractivity (Wildman–Crippen MR) is 68.8 cm³/mol. The van der Waals surface area contributed by atoms with Gasteiger partial charge in [0.25, 0.3) is 0 Å². The summed E-state index contributed by atoms with van der Waals surface area (Å²) >= 11 is 0. The van der Waals surface area contributed by atoms with Gasteiger partial charge < -0.3 is 5.32 Å². The van der Waals surface area contributed by atoms with Crippen LogP contribution in [0.4, 0.5) is 5.69 Å². The highest BCUT2D eigenvalue weighted by Crippen LogP contribution is 2.17. The van der Waals surface area contributed by atoms with Crippen molar-refractivity contribution in [3.63, 3.8) is 0 Å². The number of nitrogens with zero attached hydrogens (tertiary/aromatic N) is 1. The minimum Gasteiger partial charge on any atom is -0.325 e. The van der Waals surface area contributed by atoms with Crippen molar-refractivity contribution >= 4 is 21.4 Å². The summed E-state index contributed by atoms with van der Waals surface area (Å²) in [7, 11) is -3.65. The van der Waals surface area contributed by atoms with Gasteiger partial charge in [-0.2, -0.15) is 5.26 Å². The predicted octanol–water partition coefficient (Wildman–Crippen LogP) is 1.18. The standard InChI is InChI=1S/C12H14N2O3S/c1-9-4-3-5-11(10(9)2)14-12(15)8-18(16,17)7-6-13/h3-5H,7-8H2,1-2H3,(H,14,15). The summed E-state index contributed by atoms with van der Waals surface area (Å²) in [6.45, 7) is 3.74. The Balaban J connectivity index is 2.78.